The quantitative estimate of drug-likeness (QED) is 0.650. The SMILES string of the molecule is O[C@@H]1c2cc3ccccc3cc2-c2ccccc2[C@@H]1O. The number of hydrogen-bond acceptors (Lipinski definition) is 2. The first kappa shape index (κ1) is 11.6. The summed E-state index contributed by atoms with van der Waals surface area (Å²) >= 11 is 0. The minimum absolute atomic E-state index is 0.794. The first-order valence-corrected chi connectivity index (χ1v) is 6.74. The molecule has 0 saturated carbocycles. The summed E-state index contributed by atoms with van der Waals surface area (Å²) in [5, 5.41) is 22.9. The van der Waals surface area contributed by atoms with E-state index in [9.17, 15) is 10.2 Å². The van der Waals surface area contributed by atoms with Crippen LogP contribution in [0.4, 0.5) is 0 Å². The topological polar surface area (TPSA) is 40.5 Å². The monoisotopic (exact) mass is 262 g/mol. The third kappa shape index (κ3) is 1.52. The number of hydrogen-bond donors (Lipinski definition) is 2. The van der Waals surface area contributed by atoms with Gasteiger partial charge in [-0.3, -0.25) is 0 Å². The smallest absolute Gasteiger partial charge is 0.110 e. The van der Waals surface area contributed by atoms with Gasteiger partial charge in [0.05, 0.1) is 0 Å². The van der Waals surface area contributed by atoms with Crippen molar-refractivity contribution in [3.63, 3.8) is 0 Å². The molecule has 0 aromatic heterocycles. The predicted molar refractivity (Wildman–Crippen MR) is 79.3 cm³/mol. The van der Waals surface area contributed by atoms with Crippen molar-refractivity contribution in [2.45, 2.75) is 12.2 Å². The fourth-order valence-corrected chi connectivity index (χ4v) is 3.08. The third-order valence-corrected chi connectivity index (χ3v) is 4.11. The normalized spacial score (nSPS) is 20.5. The zero-order valence-corrected chi connectivity index (χ0v) is 10.8. The number of aliphatic hydroxyl groups excluding tert-OH is 2. The first-order valence-electron chi connectivity index (χ1n) is 6.74. The zero-order chi connectivity index (χ0) is 13.7. The van der Waals surface area contributed by atoms with Crippen molar-refractivity contribution in [1.82, 2.24) is 0 Å². The number of aliphatic hydroxyl groups is 2. The molecule has 3 aromatic rings. The van der Waals surface area contributed by atoms with Gasteiger partial charge in [-0.2, -0.15) is 0 Å². The van der Waals surface area contributed by atoms with E-state index in [1.165, 1.54) is 0 Å². The molecule has 1 aliphatic rings. The highest BCUT2D eigenvalue weighted by Crippen LogP contribution is 2.45. The van der Waals surface area contributed by atoms with Crippen molar-refractivity contribution in [1.29, 1.82) is 0 Å². The highest BCUT2D eigenvalue weighted by Gasteiger charge is 2.30. The maximum atomic E-state index is 10.4. The number of fused-ring (bicyclic) bond motifs is 4. The lowest BCUT2D eigenvalue weighted by molar-refractivity contribution is 0.0159. The summed E-state index contributed by atoms with van der Waals surface area (Å²) in [6.45, 7) is 0. The molecule has 0 fully saturated rings. The Balaban J connectivity index is 2.09. The summed E-state index contributed by atoms with van der Waals surface area (Å²) < 4.78 is 0. The summed E-state index contributed by atoms with van der Waals surface area (Å²) in [7, 11) is 0. The van der Waals surface area contributed by atoms with E-state index in [4.69, 9.17) is 0 Å². The molecule has 98 valence electrons. The Morgan fingerprint density at radius 3 is 2.00 bits per heavy atom. The first-order chi connectivity index (χ1) is 9.75. The summed E-state index contributed by atoms with van der Waals surface area (Å²) in [5.41, 5.74) is 3.61. The third-order valence-electron chi connectivity index (χ3n) is 4.11. The summed E-state index contributed by atoms with van der Waals surface area (Å²) in [5.74, 6) is 0. The Morgan fingerprint density at radius 2 is 1.20 bits per heavy atom. The second kappa shape index (κ2) is 4.17. The molecule has 2 N–H and O–H groups in total. The maximum Gasteiger partial charge on any atom is 0.110 e. The van der Waals surface area contributed by atoms with Crippen LogP contribution in [0.15, 0.2) is 60.7 Å². The molecule has 20 heavy (non-hydrogen) atoms. The Bertz CT molecular complexity index is 807. The zero-order valence-electron chi connectivity index (χ0n) is 10.8. The van der Waals surface area contributed by atoms with Gasteiger partial charge >= 0.3 is 0 Å². The van der Waals surface area contributed by atoms with Crippen LogP contribution in [0.5, 0.6) is 0 Å². The van der Waals surface area contributed by atoms with Crippen LogP contribution in [-0.2, 0) is 0 Å². The van der Waals surface area contributed by atoms with Gasteiger partial charge in [0.15, 0.2) is 0 Å². The van der Waals surface area contributed by atoms with Gasteiger partial charge in [0, 0.05) is 0 Å². The van der Waals surface area contributed by atoms with Gasteiger partial charge in [-0.25, -0.2) is 0 Å². The molecule has 0 amide bonds. The van der Waals surface area contributed by atoms with E-state index in [-0.39, 0.29) is 0 Å². The van der Waals surface area contributed by atoms with Crippen LogP contribution in [-0.4, -0.2) is 10.2 Å². The Labute approximate surface area is 116 Å². The van der Waals surface area contributed by atoms with E-state index in [0.29, 0.717) is 0 Å². The largest absolute Gasteiger partial charge is 0.385 e. The molecule has 1 aliphatic carbocycles. The molecule has 4 rings (SSSR count). The summed E-state index contributed by atoms with van der Waals surface area (Å²) in [4.78, 5) is 0. The van der Waals surface area contributed by atoms with Crippen LogP contribution in [0.25, 0.3) is 21.9 Å². The molecule has 0 radical (unpaired) electrons. The van der Waals surface area contributed by atoms with Crippen LogP contribution in [0.2, 0.25) is 0 Å². The van der Waals surface area contributed by atoms with Crippen molar-refractivity contribution < 1.29 is 10.2 Å². The van der Waals surface area contributed by atoms with E-state index in [2.05, 4.69) is 12.1 Å². The van der Waals surface area contributed by atoms with Crippen LogP contribution in [0.3, 0.4) is 0 Å². The van der Waals surface area contributed by atoms with Crippen LogP contribution >= 0.6 is 0 Å². The van der Waals surface area contributed by atoms with Crippen LogP contribution < -0.4 is 0 Å². The van der Waals surface area contributed by atoms with E-state index in [0.717, 1.165) is 33.0 Å². The minimum atomic E-state index is -0.871. The van der Waals surface area contributed by atoms with E-state index < -0.39 is 12.2 Å². The van der Waals surface area contributed by atoms with Gasteiger partial charge in [-0.15, -0.1) is 0 Å². The molecule has 0 saturated heterocycles. The lowest BCUT2D eigenvalue weighted by Gasteiger charge is -2.29. The van der Waals surface area contributed by atoms with Crippen molar-refractivity contribution in [3.05, 3.63) is 71.8 Å². The molecular formula is C18H14O2. The molecule has 2 atom stereocenters. The molecular weight excluding hydrogens is 248 g/mol. The molecule has 2 nitrogen and oxygen atoms in total. The average molecular weight is 262 g/mol. The van der Waals surface area contributed by atoms with Crippen molar-refractivity contribution >= 4 is 10.8 Å². The fourth-order valence-electron chi connectivity index (χ4n) is 3.08. The van der Waals surface area contributed by atoms with Gasteiger partial charge in [0.25, 0.3) is 0 Å². The second-order valence-corrected chi connectivity index (χ2v) is 5.26. The van der Waals surface area contributed by atoms with E-state index in [1.807, 2.05) is 48.5 Å². The minimum Gasteiger partial charge on any atom is -0.385 e. The number of rotatable bonds is 0. The second-order valence-electron chi connectivity index (χ2n) is 5.26. The van der Waals surface area contributed by atoms with E-state index >= 15 is 0 Å². The fraction of sp³-hybridized carbons (Fsp3) is 0.111. The highest BCUT2D eigenvalue weighted by molar-refractivity contribution is 5.90. The van der Waals surface area contributed by atoms with E-state index in [1.54, 1.807) is 0 Å². The molecule has 3 aromatic carbocycles. The lowest BCUT2D eigenvalue weighted by atomic mass is 9.81. The van der Waals surface area contributed by atoms with Crippen molar-refractivity contribution in [2.75, 3.05) is 0 Å². The number of benzene rings is 3. The van der Waals surface area contributed by atoms with Gasteiger partial charge in [-0.05, 0) is 45.2 Å². The Morgan fingerprint density at radius 1 is 0.600 bits per heavy atom. The Kier molecular flexibility index (Phi) is 2.43. The van der Waals surface area contributed by atoms with Gasteiger partial charge in [0.1, 0.15) is 12.2 Å². The molecule has 0 heterocycles. The predicted octanol–water partition coefficient (Wildman–Crippen LogP) is 3.59. The summed E-state index contributed by atoms with van der Waals surface area (Å²) in [6.07, 6.45) is -1.73. The van der Waals surface area contributed by atoms with Gasteiger partial charge < -0.3 is 10.2 Å². The molecule has 0 bridgehead atoms. The molecule has 0 spiro atoms. The lowest BCUT2D eigenvalue weighted by Crippen LogP contribution is -2.17. The Hall–Kier alpha value is -2.16. The molecule has 2 heteroatoms. The van der Waals surface area contributed by atoms with Crippen LogP contribution in [0.1, 0.15) is 23.3 Å². The van der Waals surface area contributed by atoms with Crippen LogP contribution in [0, 0.1) is 0 Å². The standard InChI is InChI=1S/C18H14O2/c19-17-14-8-4-3-7-13(14)15-9-11-5-1-2-6-12(11)10-16(15)18(17)20/h1-10,17-20H/t17-,18+/m0/s1. The van der Waals surface area contributed by atoms with Gasteiger partial charge in [0.2, 0.25) is 0 Å². The van der Waals surface area contributed by atoms with Crippen molar-refractivity contribution in [2.24, 2.45) is 0 Å². The van der Waals surface area contributed by atoms with Crippen molar-refractivity contribution in [3.8, 4) is 11.1 Å². The molecule has 0 unspecified atom stereocenters. The maximum absolute atomic E-state index is 10.4. The average Bonchev–Trinajstić information content (AvgIpc) is 2.51. The molecule has 0 aliphatic heterocycles. The summed E-state index contributed by atoms with van der Waals surface area (Å²) in [6, 6.07) is 19.9. The van der Waals surface area contributed by atoms with Gasteiger partial charge in [-0.1, -0.05) is 48.5 Å². The highest BCUT2D eigenvalue weighted by atomic mass is 16.3.